The van der Waals surface area contributed by atoms with Crippen LogP contribution in [0.3, 0.4) is 0 Å². The van der Waals surface area contributed by atoms with Crippen LogP contribution in [0.5, 0.6) is 5.75 Å². The standard InChI is InChI=1S/C25H31N3O3/c1-2-31-23-10-8-22(9-11-23)28-18-21(17-24(28)29)26-25(30)27-14-12-20(13-15-27)16-19-6-4-3-5-7-19/h3-11,20-21H,2,12-18H2,1H3,(H,26,30). The molecule has 6 heteroatoms. The maximum atomic E-state index is 12.8. The van der Waals surface area contributed by atoms with Gasteiger partial charge in [-0.25, -0.2) is 4.79 Å². The Morgan fingerprint density at radius 3 is 2.45 bits per heavy atom. The zero-order valence-corrected chi connectivity index (χ0v) is 18.1. The van der Waals surface area contributed by atoms with Crippen molar-refractivity contribution in [2.75, 3.05) is 31.1 Å². The summed E-state index contributed by atoms with van der Waals surface area (Å²) in [6.45, 7) is 4.60. The van der Waals surface area contributed by atoms with Crippen molar-refractivity contribution in [1.82, 2.24) is 10.2 Å². The molecular weight excluding hydrogens is 390 g/mol. The van der Waals surface area contributed by atoms with E-state index in [0.29, 0.717) is 25.5 Å². The van der Waals surface area contributed by atoms with Gasteiger partial charge in [-0.05, 0) is 61.9 Å². The van der Waals surface area contributed by atoms with E-state index in [1.54, 1.807) is 4.90 Å². The second-order valence-corrected chi connectivity index (χ2v) is 8.40. The fourth-order valence-corrected chi connectivity index (χ4v) is 4.50. The van der Waals surface area contributed by atoms with Crippen LogP contribution in [-0.2, 0) is 11.2 Å². The predicted molar refractivity (Wildman–Crippen MR) is 121 cm³/mol. The van der Waals surface area contributed by atoms with Gasteiger partial charge in [0.1, 0.15) is 5.75 Å². The third-order valence-corrected chi connectivity index (χ3v) is 6.18. The van der Waals surface area contributed by atoms with Gasteiger partial charge in [-0.15, -0.1) is 0 Å². The lowest BCUT2D eigenvalue weighted by Crippen LogP contribution is -2.48. The van der Waals surface area contributed by atoms with E-state index in [1.807, 2.05) is 42.2 Å². The van der Waals surface area contributed by atoms with Crippen molar-refractivity contribution in [3.63, 3.8) is 0 Å². The molecule has 0 bridgehead atoms. The predicted octanol–water partition coefficient (Wildman–Crippen LogP) is 3.85. The van der Waals surface area contributed by atoms with Crippen molar-refractivity contribution in [3.8, 4) is 5.75 Å². The number of hydrogen-bond acceptors (Lipinski definition) is 3. The van der Waals surface area contributed by atoms with Crippen LogP contribution in [0.15, 0.2) is 54.6 Å². The van der Waals surface area contributed by atoms with Crippen molar-refractivity contribution < 1.29 is 14.3 Å². The molecule has 2 aliphatic heterocycles. The van der Waals surface area contributed by atoms with E-state index in [0.717, 1.165) is 43.8 Å². The fourth-order valence-electron chi connectivity index (χ4n) is 4.50. The van der Waals surface area contributed by atoms with E-state index in [-0.39, 0.29) is 18.0 Å². The van der Waals surface area contributed by atoms with Crippen molar-refractivity contribution in [2.45, 2.75) is 38.6 Å². The molecule has 0 aliphatic carbocycles. The molecule has 2 heterocycles. The summed E-state index contributed by atoms with van der Waals surface area (Å²) in [5.41, 5.74) is 2.20. The number of carbonyl (C=O) groups excluding carboxylic acids is 2. The number of rotatable bonds is 6. The van der Waals surface area contributed by atoms with Gasteiger partial charge in [0.05, 0.1) is 12.6 Å². The molecule has 3 amide bonds. The molecule has 0 radical (unpaired) electrons. The normalized spacial score (nSPS) is 19.5. The second-order valence-electron chi connectivity index (χ2n) is 8.40. The Labute approximate surface area is 184 Å². The number of urea groups is 1. The van der Waals surface area contributed by atoms with E-state index >= 15 is 0 Å². The molecule has 31 heavy (non-hydrogen) atoms. The zero-order valence-electron chi connectivity index (χ0n) is 18.1. The molecule has 2 aliphatic rings. The summed E-state index contributed by atoms with van der Waals surface area (Å²) in [4.78, 5) is 28.9. The van der Waals surface area contributed by atoms with Crippen molar-refractivity contribution >= 4 is 17.6 Å². The molecular formula is C25H31N3O3. The average molecular weight is 422 g/mol. The number of anilines is 1. The van der Waals surface area contributed by atoms with Gasteiger partial charge in [-0.3, -0.25) is 4.79 Å². The van der Waals surface area contributed by atoms with E-state index in [1.165, 1.54) is 5.56 Å². The molecule has 0 aromatic heterocycles. The molecule has 2 saturated heterocycles. The Kier molecular flexibility index (Phi) is 6.75. The van der Waals surface area contributed by atoms with Crippen LogP contribution in [0.4, 0.5) is 10.5 Å². The highest BCUT2D eigenvalue weighted by Gasteiger charge is 2.33. The molecule has 2 aromatic carbocycles. The first-order valence-electron chi connectivity index (χ1n) is 11.2. The van der Waals surface area contributed by atoms with Crippen LogP contribution in [-0.4, -0.2) is 49.1 Å². The number of piperidine rings is 1. The molecule has 1 N–H and O–H groups in total. The largest absolute Gasteiger partial charge is 0.494 e. The Balaban J connectivity index is 1.25. The summed E-state index contributed by atoms with van der Waals surface area (Å²) in [5.74, 6) is 1.45. The Morgan fingerprint density at radius 2 is 1.77 bits per heavy atom. The Bertz CT molecular complexity index is 877. The van der Waals surface area contributed by atoms with Gasteiger partial charge >= 0.3 is 6.03 Å². The highest BCUT2D eigenvalue weighted by atomic mass is 16.5. The first-order valence-corrected chi connectivity index (χ1v) is 11.2. The minimum Gasteiger partial charge on any atom is -0.494 e. The third kappa shape index (κ3) is 5.37. The Morgan fingerprint density at radius 1 is 1.06 bits per heavy atom. The van der Waals surface area contributed by atoms with Gasteiger partial charge in [-0.2, -0.15) is 0 Å². The number of nitrogens with one attached hydrogen (secondary N) is 1. The topological polar surface area (TPSA) is 61.9 Å². The van der Waals surface area contributed by atoms with Gasteiger partial charge in [0.15, 0.2) is 0 Å². The number of amides is 3. The van der Waals surface area contributed by atoms with Crippen molar-refractivity contribution in [1.29, 1.82) is 0 Å². The lowest BCUT2D eigenvalue weighted by Gasteiger charge is -2.33. The smallest absolute Gasteiger partial charge is 0.317 e. The van der Waals surface area contributed by atoms with E-state index in [2.05, 4.69) is 29.6 Å². The van der Waals surface area contributed by atoms with E-state index in [4.69, 9.17) is 4.74 Å². The number of benzene rings is 2. The first kappa shape index (κ1) is 21.2. The van der Waals surface area contributed by atoms with Crippen LogP contribution in [0.1, 0.15) is 31.7 Å². The lowest BCUT2D eigenvalue weighted by atomic mass is 9.90. The minimum absolute atomic E-state index is 0.0380. The van der Waals surface area contributed by atoms with Crippen LogP contribution in [0.2, 0.25) is 0 Å². The van der Waals surface area contributed by atoms with Gasteiger partial charge in [0.2, 0.25) is 5.91 Å². The fraction of sp³-hybridized carbons (Fsp3) is 0.440. The van der Waals surface area contributed by atoms with Crippen molar-refractivity contribution in [3.05, 3.63) is 60.2 Å². The summed E-state index contributed by atoms with van der Waals surface area (Å²) in [6.07, 6.45) is 3.45. The number of carbonyl (C=O) groups is 2. The summed E-state index contributed by atoms with van der Waals surface area (Å²) >= 11 is 0. The molecule has 1 atom stereocenters. The SMILES string of the molecule is CCOc1ccc(N2CC(NC(=O)N3CCC(Cc4ccccc4)CC3)CC2=O)cc1. The maximum Gasteiger partial charge on any atom is 0.317 e. The zero-order chi connectivity index (χ0) is 21.6. The molecule has 164 valence electrons. The molecule has 0 saturated carbocycles. The number of likely N-dealkylation sites (tertiary alicyclic amines) is 1. The summed E-state index contributed by atoms with van der Waals surface area (Å²) in [5, 5.41) is 3.07. The van der Waals surface area contributed by atoms with E-state index in [9.17, 15) is 9.59 Å². The quantitative estimate of drug-likeness (QED) is 0.771. The summed E-state index contributed by atoms with van der Waals surface area (Å²) in [7, 11) is 0. The first-order chi connectivity index (χ1) is 15.1. The van der Waals surface area contributed by atoms with Crippen LogP contribution >= 0.6 is 0 Å². The molecule has 6 nitrogen and oxygen atoms in total. The highest BCUT2D eigenvalue weighted by Crippen LogP contribution is 2.25. The van der Waals surface area contributed by atoms with Gasteiger partial charge in [0.25, 0.3) is 0 Å². The average Bonchev–Trinajstić information content (AvgIpc) is 3.15. The van der Waals surface area contributed by atoms with Crippen LogP contribution in [0.25, 0.3) is 0 Å². The third-order valence-electron chi connectivity index (χ3n) is 6.18. The molecule has 2 aromatic rings. The molecule has 2 fully saturated rings. The minimum atomic E-state index is -0.159. The van der Waals surface area contributed by atoms with Crippen molar-refractivity contribution in [2.24, 2.45) is 5.92 Å². The number of ether oxygens (including phenoxy) is 1. The molecule has 0 spiro atoms. The Hall–Kier alpha value is -3.02. The van der Waals surface area contributed by atoms with Gasteiger partial charge in [0, 0.05) is 31.7 Å². The van der Waals surface area contributed by atoms with E-state index < -0.39 is 0 Å². The second kappa shape index (κ2) is 9.86. The number of hydrogen-bond donors (Lipinski definition) is 1. The van der Waals surface area contributed by atoms with Gasteiger partial charge in [-0.1, -0.05) is 30.3 Å². The molecule has 4 rings (SSSR count). The maximum absolute atomic E-state index is 12.8. The highest BCUT2D eigenvalue weighted by molar-refractivity contribution is 5.96. The lowest BCUT2D eigenvalue weighted by molar-refractivity contribution is -0.117. The number of nitrogens with zero attached hydrogens (tertiary/aromatic N) is 2. The molecule has 1 unspecified atom stereocenters. The summed E-state index contributed by atoms with van der Waals surface area (Å²) < 4.78 is 5.47. The van der Waals surface area contributed by atoms with Crippen LogP contribution in [0, 0.1) is 5.92 Å². The van der Waals surface area contributed by atoms with Crippen LogP contribution < -0.4 is 15.0 Å². The summed E-state index contributed by atoms with van der Waals surface area (Å²) in [6, 6.07) is 17.9. The van der Waals surface area contributed by atoms with Gasteiger partial charge < -0.3 is 19.9 Å². The monoisotopic (exact) mass is 421 g/mol.